The van der Waals surface area contributed by atoms with E-state index in [0.717, 1.165) is 85.9 Å². The highest BCUT2D eigenvalue weighted by Crippen LogP contribution is 2.35. The van der Waals surface area contributed by atoms with Crippen molar-refractivity contribution in [1.29, 1.82) is 0 Å². The van der Waals surface area contributed by atoms with E-state index in [4.69, 9.17) is 0 Å². The quantitative estimate of drug-likeness (QED) is 0.206. The fourth-order valence-corrected chi connectivity index (χ4v) is 7.16. The van der Waals surface area contributed by atoms with Crippen LogP contribution >= 0.6 is 0 Å². The third kappa shape index (κ3) is 4.95. The normalized spacial score (nSPS) is 18.8. The van der Waals surface area contributed by atoms with Gasteiger partial charge in [-0.25, -0.2) is 8.78 Å². The molecule has 7 rings (SSSR count). The van der Waals surface area contributed by atoms with Crippen molar-refractivity contribution in [3.8, 4) is 0 Å². The number of nitrogens with zero attached hydrogens (tertiary/aromatic N) is 1. The van der Waals surface area contributed by atoms with Gasteiger partial charge in [0.15, 0.2) is 0 Å². The molecule has 44 heavy (non-hydrogen) atoms. The van der Waals surface area contributed by atoms with Crippen molar-refractivity contribution >= 4 is 38.9 Å². The van der Waals surface area contributed by atoms with Gasteiger partial charge in [-0.05, 0) is 112 Å². The molecule has 0 saturated carbocycles. The van der Waals surface area contributed by atoms with Gasteiger partial charge in [-0.15, -0.1) is 0 Å². The van der Waals surface area contributed by atoms with Gasteiger partial charge in [0.2, 0.25) is 0 Å². The maximum Gasteiger partial charge on any atom is 0.126 e. The molecular formula is C41H37F2N. The Morgan fingerprint density at radius 3 is 2.50 bits per heavy atom. The fraction of sp³-hybridized carbons (Fsp3) is 0.220. The Morgan fingerprint density at radius 1 is 0.909 bits per heavy atom. The van der Waals surface area contributed by atoms with Crippen LogP contribution in [0.4, 0.5) is 8.78 Å². The zero-order valence-corrected chi connectivity index (χ0v) is 25.6. The van der Waals surface area contributed by atoms with Crippen LogP contribution in [0.2, 0.25) is 0 Å². The zero-order chi connectivity index (χ0) is 30.5. The van der Waals surface area contributed by atoms with Crippen LogP contribution in [-0.2, 0) is 6.42 Å². The summed E-state index contributed by atoms with van der Waals surface area (Å²) in [6.07, 6.45) is 19.5. The predicted molar refractivity (Wildman–Crippen MR) is 182 cm³/mol. The van der Waals surface area contributed by atoms with Crippen LogP contribution in [0, 0.1) is 30.4 Å². The minimum Gasteiger partial charge on any atom is -0.367 e. The van der Waals surface area contributed by atoms with Gasteiger partial charge < -0.3 is 4.90 Å². The lowest BCUT2D eigenvalue weighted by Crippen LogP contribution is -2.42. The van der Waals surface area contributed by atoms with Gasteiger partial charge in [0.05, 0.1) is 5.70 Å². The molecule has 1 heterocycles. The first-order valence-electron chi connectivity index (χ1n) is 15.7. The third-order valence-corrected chi connectivity index (χ3v) is 9.21. The average Bonchev–Trinajstić information content (AvgIpc) is 3.01. The summed E-state index contributed by atoms with van der Waals surface area (Å²) in [5.41, 5.74) is 7.33. The largest absolute Gasteiger partial charge is 0.367 e. The van der Waals surface area contributed by atoms with Crippen LogP contribution in [-0.4, -0.2) is 18.0 Å². The second kappa shape index (κ2) is 11.2. The lowest BCUT2D eigenvalue weighted by Gasteiger charge is -2.31. The Kier molecular flexibility index (Phi) is 7.20. The number of rotatable bonds is 6. The second-order valence-corrected chi connectivity index (χ2v) is 12.6. The summed E-state index contributed by atoms with van der Waals surface area (Å²) in [6.45, 7) is 11.9. The van der Waals surface area contributed by atoms with Gasteiger partial charge in [0, 0.05) is 35.7 Å². The molecule has 3 heteroatoms. The molecule has 0 bridgehead atoms. The summed E-state index contributed by atoms with van der Waals surface area (Å²) < 4.78 is 29.8. The summed E-state index contributed by atoms with van der Waals surface area (Å²) in [5, 5.41) is 6.01. The molecule has 0 saturated heterocycles. The molecule has 1 aliphatic heterocycles. The van der Waals surface area contributed by atoms with Crippen molar-refractivity contribution in [2.45, 2.75) is 33.6 Å². The van der Waals surface area contributed by atoms with Crippen LogP contribution in [0.1, 0.15) is 42.5 Å². The van der Waals surface area contributed by atoms with E-state index < -0.39 is 0 Å². The molecule has 0 spiro atoms. The number of hydrogen-bond donors (Lipinski definition) is 0. The molecule has 0 aromatic heterocycles. The number of halogens is 2. The lowest BCUT2D eigenvalue weighted by atomic mass is 9.80. The predicted octanol–water partition coefficient (Wildman–Crippen LogP) is 8.67. The number of fused-ring (bicyclic) bond motifs is 5. The molecule has 2 atom stereocenters. The Hall–Kier alpha value is -4.50. The molecule has 1 nitrogen and oxygen atoms in total. The minimum atomic E-state index is -0.240. The Balaban J connectivity index is 1.59. The van der Waals surface area contributed by atoms with E-state index in [9.17, 15) is 8.78 Å². The van der Waals surface area contributed by atoms with Gasteiger partial charge >= 0.3 is 0 Å². The molecule has 4 aromatic carbocycles. The lowest BCUT2D eigenvalue weighted by molar-refractivity contribution is 0.440. The highest BCUT2D eigenvalue weighted by atomic mass is 19.1. The molecule has 220 valence electrons. The molecule has 0 fully saturated rings. The number of benzene rings is 4. The van der Waals surface area contributed by atoms with Crippen molar-refractivity contribution < 1.29 is 8.78 Å². The molecule has 2 unspecified atom stereocenters. The number of aryl methyl sites for hydroxylation is 1. The van der Waals surface area contributed by atoms with E-state index in [0.29, 0.717) is 17.4 Å². The highest BCUT2D eigenvalue weighted by molar-refractivity contribution is 5.98. The van der Waals surface area contributed by atoms with E-state index in [1.54, 1.807) is 18.2 Å². The van der Waals surface area contributed by atoms with Gasteiger partial charge in [0.1, 0.15) is 11.6 Å². The van der Waals surface area contributed by atoms with Crippen molar-refractivity contribution in [2.75, 3.05) is 13.1 Å². The smallest absolute Gasteiger partial charge is 0.126 e. The van der Waals surface area contributed by atoms with Crippen LogP contribution in [0.25, 0.3) is 38.9 Å². The van der Waals surface area contributed by atoms with E-state index in [1.165, 1.54) is 5.56 Å². The van der Waals surface area contributed by atoms with Crippen LogP contribution in [0.5, 0.6) is 0 Å². The monoisotopic (exact) mass is 581 g/mol. The standard InChI is InChI=1S/C41H37F2N/c1-5-15-44-16-14-35-38-23-33(42)12-13-34(38)36(29-11-10-27-8-6-7-9-28(27)19-29)24-39(35)41(44)37-21-31-22-40(43)26(4)18-30(31)20-32(37)17-25(2)3/h6-14,18-24,27-28H,2,5,15-17H2,1,3-4H3. The maximum atomic E-state index is 15.0. The average molecular weight is 582 g/mol. The Labute approximate surface area is 258 Å². The van der Waals surface area contributed by atoms with Crippen molar-refractivity contribution in [2.24, 2.45) is 11.8 Å². The fourth-order valence-electron chi connectivity index (χ4n) is 7.16. The van der Waals surface area contributed by atoms with Crippen molar-refractivity contribution in [3.05, 3.63) is 148 Å². The summed E-state index contributed by atoms with van der Waals surface area (Å²) in [7, 11) is 0. The van der Waals surface area contributed by atoms with Crippen LogP contribution < -0.4 is 10.4 Å². The summed E-state index contributed by atoms with van der Waals surface area (Å²) in [5.74, 6) is 0.204. The first-order chi connectivity index (χ1) is 21.3. The Bertz CT molecular complexity index is 2110. The van der Waals surface area contributed by atoms with E-state index >= 15 is 0 Å². The molecule has 2 aliphatic carbocycles. The van der Waals surface area contributed by atoms with Gasteiger partial charge in [0.25, 0.3) is 0 Å². The van der Waals surface area contributed by atoms with Crippen LogP contribution in [0.3, 0.4) is 0 Å². The number of allylic oxidation sites excluding steroid dienone is 9. The van der Waals surface area contributed by atoms with Crippen molar-refractivity contribution in [1.82, 2.24) is 4.90 Å². The van der Waals surface area contributed by atoms with E-state index in [-0.39, 0.29) is 11.6 Å². The van der Waals surface area contributed by atoms with Gasteiger partial charge in [-0.3, -0.25) is 0 Å². The first kappa shape index (κ1) is 28.3. The molecule has 0 amide bonds. The summed E-state index contributed by atoms with van der Waals surface area (Å²) in [4.78, 5) is 2.43. The second-order valence-electron chi connectivity index (χ2n) is 12.6. The van der Waals surface area contributed by atoms with Crippen LogP contribution in [0.15, 0.2) is 103 Å². The van der Waals surface area contributed by atoms with Crippen molar-refractivity contribution in [3.63, 3.8) is 0 Å². The maximum absolute atomic E-state index is 15.0. The molecule has 0 radical (unpaired) electrons. The molecule has 3 aliphatic rings. The first-order valence-corrected chi connectivity index (χ1v) is 15.7. The summed E-state index contributed by atoms with van der Waals surface area (Å²) in [6, 6.07) is 15.4. The minimum absolute atomic E-state index is 0.200. The molecular weight excluding hydrogens is 544 g/mol. The van der Waals surface area contributed by atoms with E-state index in [2.05, 4.69) is 92.1 Å². The summed E-state index contributed by atoms with van der Waals surface area (Å²) >= 11 is 0. The molecule has 0 N–H and O–H groups in total. The molecule has 4 aromatic rings. The SMILES string of the molecule is C=C(C)Cc1cc2cc(C)c(F)cc2cc1C1=c2cc(C3=CC4C=CC=CC4C=C3)c3ccc(F)cc3c2=CCN1CCC. The third-order valence-electron chi connectivity index (χ3n) is 9.21. The number of hydrogen-bond acceptors (Lipinski definition) is 1. The topological polar surface area (TPSA) is 3.24 Å². The Morgan fingerprint density at radius 2 is 1.70 bits per heavy atom. The van der Waals surface area contributed by atoms with E-state index in [1.807, 2.05) is 19.1 Å². The zero-order valence-electron chi connectivity index (χ0n) is 25.6. The highest BCUT2D eigenvalue weighted by Gasteiger charge is 2.24. The van der Waals surface area contributed by atoms with Gasteiger partial charge in [-0.2, -0.15) is 0 Å². The van der Waals surface area contributed by atoms with Gasteiger partial charge in [-0.1, -0.05) is 79.8 Å².